The predicted octanol–water partition coefficient (Wildman–Crippen LogP) is 4.37. The number of rotatable bonds is 6. The molecule has 0 saturated heterocycles. The Morgan fingerprint density at radius 1 is 0.857 bits per heavy atom. The van der Waals surface area contributed by atoms with Crippen LogP contribution in [0.25, 0.3) is 0 Å². The van der Waals surface area contributed by atoms with Crippen molar-refractivity contribution in [2.45, 2.75) is 0 Å². The average molecular weight is 385 g/mol. The van der Waals surface area contributed by atoms with E-state index in [0.29, 0.717) is 17.2 Å². The van der Waals surface area contributed by atoms with Crippen molar-refractivity contribution < 1.29 is 23.0 Å². The van der Waals surface area contributed by atoms with Gasteiger partial charge in [-0.2, -0.15) is 0 Å². The molecular weight excluding hydrogens is 368 g/mol. The van der Waals surface area contributed by atoms with Gasteiger partial charge in [-0.05, 0) is 36.4 Å². The van der Waals surface area contributed by atoms with Gasteiger partial charge in [0.05, 0.1) is 14.2 Å². The molecule has 2 N–H and O–H groups in total. The third-order valence-corrected chi connectivity index (χ3v) is 3.84. The zero-order valence-electron chi connectivity index (χ0n) is 15.1. The largest absolute Gasteiger partial charge is 0.493 e. The molecule has 3 rings (SSSR count). The number of carbonyl (C=O) groups excluding carboxylic acids is 1. The van der Waals surface area contributed by atoms with Crippen LogP contribution in [-0.4, -0.2) is 25.1 Å². The number of pyridine rings is 1. The number of methoxy groups -OCH3 is 2. The zero-order chi connectivity index (χ0) is 20.1. The van der Waals surface area contributed by atoms with Gasteiger partial charge in [0.25, 0.3) is 5.91 Å². The van der Waals surface area contributed by atoms with Gasteiger partial charge < -0.3 is 20.1 Å². The number of ether oxygens (including phenoxy) is 2. The number of anilines is 3. The Labute approximate surface area is 160 Å². The minimum absolute atomic E-state index is 0.107. The van der Waals surface area contributed by atoms with Gasteiger partial charge in [0, 0.05) is 35.4 Å². The van der Waals surface area contributed by atoms with E-state index < -0.39 is 17.5 Å². The minimum atomic E-state index is -1.05. The number of nitrogens with zero attached hydrogens (tertiary/aromatic N) is 1. The Bertz CT molecular complexity index is 1010. The van der Waals surface area contributed by atoms with Crippen molar-refractivity contribution in [3.05, 3.63) is 72.1 Å². The molecule has 6 nitrogen and oxygen atoms in total. The van der Waals surface area contributed by atoms with E-state index in [2.05, 4.69) is 15.6 Å². The Morgan fingerprint density at radius 2 is 1.57 bits per heavy atom. The van der Waals surface area contributed by atoms with E-state index in [4.69, 9.17) is 9.47 Å². The van der Waals surface area contributed by atoms with E-state index in [1.165, 1.54) is 25.4 Å². The highest BCUT2D eigenvalue weighted by Gasteiger charge is 2.11. The van der Waals surface area contributed by atoms with Crippen LogP contribution in [-0.2, 0) is 0 Å². The summed E-state index contributed by atoms with van der Waals surface area (Å²) >= 11 is 0. The van der Waals surface area contributed by atoms with Crippen LogP contribution in [0.15, 0.2) is 54.7 Å². The van der Waals surface area contributed by atoms with Crippen LogP contribution in [0.2, 0.25) is 0 Å². The molecule has 0 bridgehead atoms. The summed E-state index contributed by atoms with van der Waals surface area (Å²) in [5.74, 6) is -1.44. The number of halogens is 2. The van der Waals surface area contributed by atoms with Crippen molar-refractivity contribution in [3.8, 4) is 11.5 Å². The highest BCUT2D eigenvalue weighted by molar-refractivity contribution is 6.03. The summed E-state index contributed by atoms with van der Waals surface area (Å²) in [7, 11) is 3.08. The number of aromatic nitrogens is 1. The summed E-state index contributed by atoms with van der Waals surface area (Å²) in [5, 5.41) is 5.62. The maximum absolute atomic E-state index is 13.3. The molecule has 1 aromatic heterocycles. The predicted molar refractivity (Wildman–Crippen MR) is 101 cm³/mol. The van der Waals surface area contributed by atoms with Gasteiger partial charge in [-0.1, -0.05) is 0 Å². The molecule has 0 saturated carbocycles. The van der Waals surface area contributed by atoms with E-state index in [9.17, 15) is 13.6 Å². The topological polar surface area (TPSA) is 72.5 Å². The highest BCUT2D eigenvalue weighted by Crippen LogP contribution is 2.31. The number of amides is 1. The first-order valence-electron chi connectivity index (χ1n) is 8.21. The fourth-order valence-electron chi connectivity index (χ4n) is 2.48. The Morgan fingerprint density at radius 3 is 2.29 bits per heavy atom. The number of benzene rings is 2. The van der Waals surface area contributed by atoms with Gasteiger partial charge in [0.1, 0.15) is 5.69 Å². The minimum Gasteiger partial charge on any atom is -0.493 e. The van der Waals surface area contributed by atoms with Crippen molar-refractivity contribution >= 4 is 23.0 Å². The lowest BCUT2D eigenvalue weighted by atomic mass is 10.2. The van der Waals surface area contributed by atoms with Crippen molar-refractivity contribution in [2.24, 2.45) is 0 Å². The quantitative estimate of drug-likeness (QED) is 0.659. The third-order valence-electron chi connectivity index (χ3n) is 3.84. The van der Waals surface area contributed by atoms with Gasteiger partial charge in [-0.3, -0.25) is 9.78 Å². The number of hydrogen-bond acceptors (Lipinski definition) is 5. The molecule has 2 aromatic carbocycles. The molecule has 144 valence electrons. The molecule has 0 unspecified atom stereocenters. The molecule has 0 spiro atoms. The normalized spacial score (nSPS) is 10.3. The second kappa shape index (κ2) is 8.34. The van der Waals surface area contributed by atoms with E-state index in [0.717, 1.165) is 17.8 Å². The molecule has 0 aliphatic carbocycles. The van der Waals surface area contributed by atoms with Crippen LogP contribution in [0, 0.1) is 11.6 Å². The van der Waals surface area contributed by atoms with Crippen LogP contribution in [0.3, 0.4) is 0 Å². The first-order valence-corrected chi connectivity index (χ1v) is 8.21. The van der Waals surface area contributed by atoms with E-state index in [1.54, 1.807) is 31.4 Å². The monoisotopic (exact) mass is 385 g/mol. The molecule has 3 aromatic rings. The summed E-state index contributed by atoms with van der Waals surface area (Å²) in [4.78, 5) is 16.4. The second-order valence-corrected chi connectivity index (χ2v) is 5.71. The van der Waals surface area contributed by atoms with Gasteiger partial charge in [-0.25, -0.2) is 8.78 Å². The molecule has 0 radical (unpaired) electrons. The molecule has 0 fully saturated rings. The smallest absolute Gasteiger partial charge is 0.274 e. The summed E-state index contributed by atoms with van der Waals surface area (Å²) in [6, 6.07) is 11.6. The number of carbonyl (C=O) groups is 1. The number of hydrogen-bond donors (Lipinski definition) is 2. The Balaban J connectivity index is 1.76. The Hall–Kier alpha value is -3.68. The fraction of sp³-hybridized carbons (Fsp3) is 0.100. The molecule has 0 aliphatic heterocycles. The summed E-state index contributed by atoms with van der Waals surface area (Å²) in [5.41, 5.74) is 1.56. The summed E-state index contributed by atoms with van der Waals surface area (Å²) < 4.78 is 36.7. The van der Waals surface area contributed by atoms with E-state index in [-0.39, 0.29) is 11.4 Å². The third kappa shape index (κ3) is 4.35. The maximum atomic E-state index is 13.3. The van der Waals surface area contributed by atoms with Gasteiger partial charge >= 0.3 is 0 Å². The molecule has 8 heteroatoms. The SMILES string of the molecule is COc1ccc(Nc2ccnc(C(=O)Nc3ccc(F)c(F)c3)c2)cc1OC. The second-order valence-electron chi connectivity index (χ2n) is 5.71. The number of nitrogens with one attached hydrogen (secondary N) is 2. The Kier molecular flexibility index (Phi) is 5.69. The first kappa shape index (κ1) is 19.1. The highest BCUT2D eigenvalue weighted by atomic mass is 19.2. The van der Waals surface area contributed by atoms with E-state index >= 15 is 0 Å². The van der Waals surface area contributed by atoms with Crippen LogP contribution < -0.4 is 20.1 Å². The fourth-order valence-corrected chi connectivity index (χ4v) is 2.48. The lowest BCUT2D eigenvalue weighted by Gasteiger charge is -2.12. The zero-order valence-corrected chi connectivity index (χ0v) is 15.1. The van der Waals surface area contributed by atoms with Crippen molar-refractivity contribution in [1.82, 2.24) is 4.98 Å². The lowest BCUT2D eigenvalue weighted by molar-refractivity contribution is 0.102. The van der Waals surface area contributed by atoms with Crippen LogP contribution in [0.4, 0.5) is 25.8 Å². The maximum Gasteiger partial charge on any atom is 0.274 e. The van der Waals surface area contributed by atoms with Crippen molar-refractivity contribution in [1.29, 1.82) is 0 Å². The van der Waals surface area contributed by atoms with Gasteiger partial charge in [-0.15, -0.1) is 0 Å². The molecule has 28 heavy (non-hydrogen) atoms. The molecular formula is C20H17F2N3O3. The lowest BCUT2D eigenvalue weighted by Crippen LogP contribution is -2.14. The average Bonchev–Trinajstić information content (AvgIpc) is 2.71. The molecule has 0 atom stereocenters. The molecule has 0 aliphatic rings. The van der Waals surface area contributed by atoms with Crippen molar-refractivity contribution in [3.63, 3.8) is 0 Å². The van der Waals surface area contributed by atoms with Crippen LogP contribution in [0.5, 0.6) is 11.5 Å². The molecule has 1 heterocycles. The van der Waals surface area contributed by atoms with Gasteiger partial charge in [0.2, 0.25) is 0 Å². The molecule has 1 amide bonds. The van der Waals surface area contributed by atoms with Crippen LogP contribution in [0.1, 0.15) is 10.5 Å². The van der Waals surface area contributed by atoms with Crippen LogP contribution >= 0.6 is 0 Å². The summed E-state index contributed by atoms with van der Waals surface area (Å²) in [6.45, 7) is 0. The van der Waals surface area contributed by atoms with Crippen molar-refractivity contribution in [2.75, 3.05) is 24.9 Å². The standard InChI is InChI=1S/C20H17F2N3O3/c1-27-18-6-4-13(11-19(18)28-2)24-14-7-8-23-17(10-14)20(26)25-12-3-5-15(21)16(22)9-12/h3-11H,1-2H3,(H,23,24)(H,25,26). The van der Waals surface area contributed by atoms with E-state index in [1.807, 2.05) is 0 Å². The van der Waals surface area contributed by atoms with Gasteiger partial charge in [0.15, 0.2) is 23.1 Å². The summed E-state index contributed by atoms with van der Waals surface area (Å²) in [6.07, 6.45) is 1.46. The first-order chi connectivity index (χ1) is 13.5.